The van der Waals surface area contributed by atoms with Gasteiger partial charge >= 0.3 is 0 Å². The number of rotatable bonds is 6. The number of nitrogens with one attached hydrogen (secondary N) is 2. The molecule has 2 aromatic heterocycles. The number of fused-ring (bicyclic) bond motifs is 1. The van der Waals surface area contributed by atoms with Crippen molar-refractivity contribution in [2.75, 3.05) is 26.6 Å². The first-order valence-electron chi connectivity index (χ1n) is 9.20. The molecule has 0 aliphatic rings. The Kier molecular flexibility index (Phi) is 5.33. The van der Waals surface area contributed by atoms with E-state index in [1.54, 1.807) is 12.1 Å². The maximum Gasteiger partial charge on any atom is 0.257 e. The minimum Gasteiger partial charge on any atom is -0.493 e. The average Bonchev–Trinajstić information content (AvgIpc) is 3.35. The Labute approximate surface area is 177 Å². The molecule has 2 N–H and O–H groups in total. The lowest BCUT2D eigenvalue weighted by atomic mass is 10.1. The van der Waals surface area contributed by atoms with Crippen LogP contribution in [0.2, 0.25) is 0 Å². The van der Waals surface area contributed by atoms with Gasteiger partial charge in [-0.2, -0.15) is 0 Å². The lowest BCUT2D eigenvalue weighted by Crippen LogP contribution is -2.12. The molecule has 4 aromatic rings. The first kappa shape index (κ1) is 19.8. The second-order valence-corrected chi connectivity index (χ2v) is 7.43. The third kappa shape index (κ3) is 3.46. The highest BCUT2D eigenvalue weighted by Gasteiger charge is 2.19. The number of carbonyl (C=O) groups is 1. The summed E-state index contributed by atoms with van der Waals surface area (Å²) in [4.78, 5) is 20.8. The normalized spacial score (nSPS) is 10.8. The Hall–Kier alpha value is -3.52. The molecule has 0 atom stereocenters. The van der Waals surface area contributed by atoms with E-state index in [0.717, 1.165) is 27.9 Å². The van der Waals surface area contributed by atoms with E-state index < -0.39 is 0 Å². The maximum atomic E-state index is 12.8. The number of aromatic nitrogens is 2. The van der Waals surface area contributed by atoms with Crippen LogP contribution in [0.15, 0.2) is 41.8 Å². The van der Waals surface area contributed by atoms with Gasteiger partial charge in [0.1, 0.15) is 0 Å². The number of ether oxygens (including phenoxy) is 3. The molecule has 0 bridgehead atoms. The second-order valence-electron chi connectivity index (χ2n) is 6.58. The largest absolute Gasteiger partial charge is 0.493 e. The lowest BCUT2D eigenvalue weighted by molar-refractivity contribution is 0.102. The van der Waals surface area contributed by atoms with Crippen LogP contribution in [-0.4, -0.2) is 37.2 Å². The van der Waals surface area contributed by atoms with Crippen LogP contribution in [0.4, 0.5) is 5.13 Å². The van der Waals surface area contributed by atoms with Gasteiger partial charge in [-0.3, -0.25) is 10.1 Å². The number of hydrogen-bond donors (Lipinski definition) is 2. The fourth-order valence-electron chi connectivity index (χ4n) is 3.43. The number of benzene rings is 2. The summed E-state index contributed by atoms with van der Waals surface area (Å²) in [6.07, 6.45) is 0. The molecule has 0 spiro atoms. The van der Waals surface area contributed by atoms with Gasteiger partial charge in [-0.15, -0.1) is 11.3 Å². The standard InChI is InChI=1S/C22H21N3O4S/c1-12-19(14-7-5-6-8-15(14)23-12)16-11-30-22(24-16)25-21(26)13-9-17(27-2)20(29-4)18(10-13)28-3/h5-11,23H,1-4H3,(H,24,25,26). The number of aromatic amines is 1. The van der Waals surface area contributed by atoms with Crippen molar-refractivity contribution < 1.29 is 19.0 Å². The van der Waals surface area contributed by atoms with Crippen LogP contribution >= 0.6 is 11.3 Å². The van der Waals surface area contributed by atoms with Gasteiger partial charge in [0.2, 0.25) is 5.75 Å². The first-order chi connectivity index (χ1) is 14.5. The highest BCUT2D eigenvalue weighted by Crippen LogP contribution is 2.39. The molecule has 0 saturated heterocycles. The number of thiazole rings is 1. The number of hydrogen-bond acceptors (Lipinski definition) is 6. The Morgan fingerprint density at radius 3 is 2.43 bits per heavy atom. The number of para-hydroxylation sites is 1. The van der Waals surface area contributed by atoms with E-state index in [-0.39, 0.29) is 5.91 Å². The van der Waals surface area contributed by atoms with Crippen LogP contribution in [0.3, 0.4) is 0 Å². The topological polar surface area (TPSA) is 85.5 Å². The summed E-state index contributed by atoms with van der Waals surface area (Å²) in [6.45, 7) is 2.02. The smallest absolute Gasteiger partial charge is 0.257 e. The van der Waals surface area contributed by atoms with Crippen molar-refractivity contribution in [3.63, 3.8) is 0 Å². The molecule has 0 unspecified atom stereocenters. The molecule has 8 heteroatoms. The number of carbonyl (C=O) groups excluding carboxylic acids is 1. The molecule has 2 aromatic carbocycles. The van der Waals surface area contributed by atoms with Gasteiger partial charge in [-0.05, 0) is 25.1 Å². The zero-order chi connectivity index (χ0) is 21.3. The van der Waals surface area contributed by atoms with Crippen molar-refractivity contribution in [3.8, 4) is 28.5 Å². The summed E-state index contributed by atoms with van der Waals surface area (Å²) in [6, 6.07) is 11.3. The zero-order valence-electron chi connectivity index (χ0n) is 17.0. The van der Waals surface area contributed by atoms with Crippen LogP contribution in [0.25, 0.3) is 22.2 Å². The molecular weight excluding hydrogens is 402 g/mol. The Balaban J connectivity index is 1.63. The average molecular weight is 423 g/mol. The van der Waals surface area contributed by atoms with E-state index in [4.69, 9.17) is 14.2 Å². The molecule has 0 radical (unpaired) electrons. The van der Waals surface area contributed by atoms with E-state index in [9.17, 15) is 4.79 Å². The van der Waals surface area contributed by atoms with Gasteiger partial charge in [-0.1, -0.05) is 18.2 Å². The molecule has 154 valence electrons. The maximum absolute atomic E-state index is 12.8. The van der Waals surface area contributed by atoms with E-state index in [2.05, 4.69) is 21.4 Å². The number of methoxy groups -OCH3 is 3. The molecule has 2 heterocycles. The Bertz CT molecular complexity index is 1200. The van der Waals surface area contributed by atoms with Crippen LogP contribution in [0, 0.1) is 6.92 Å². The molecule has 0 saturated carbocycles. The molecular formula is C22H21N3O4S. The second kappa shape index (κ2) is 8.08. The predicted octanol–water partition coefficient (Wildman–Crippen LogP) is 4.88. The fraction of sp³-hybridized carbons (Fsp3) is 0.182. The third-order valence-corrected chi connectivity index (χ3v) is 5.56. The van der Waals surface area contributed by atoms with Gasteiger partial charge < -0.3 is 19.2 Å². The number of H-pyrrole nitrogens is 1. The summed E-state index contributed by atoms with van der Waals surface area (Å²) in [7, 11) is 4.54. The van der Waals surface area contributed by atoms with Crippen molar-refractivity contribution in [1.29, 1.82) is 0 Å². The van der Waals surface area contributed by atoms with Gasteiger partial charge in [0.15, 0.2) is 16.6 Å². The number of nitrogens with zero attached hydrogens (tertiary/aromatic N) is 1. The van der Waals surface area contributed by atoms with Crippen molar-refractivity contribution >= 4 is 33.3 Å². The predicted molar refractivity (Wildman–Crippen MR) is 118 cm³/mol. The van der Waals surface area contributed by atoms with E-state index >= 15 is 0 Å². The SMILES string of the molecule is COc1cc(C(=O)Nc2nc(-c3c(C)[nH]c4ccccc34)cs2)cc(OC)c1OC. The van der Waals surface area contributed by atoms with Crippen LogP contribution in [0.1, 0.15) is 16.1 Å². The van der Waals surface area contributed by atoms with Crippen molar-refractivity contribution in [1.82, 2.24) is 9.97 Å². The highest BCUT2D eigenvalue weighted by atomic mass is 32.1. The quantitative estimate of drug-likeness (QED) is 0.462. The monoisotopic (exact) mass is 423 g/mol. The fourth-order valence-corrected chi connectivity index (χ4v) is 4.13. The molecule has 0 fully saturated rings. The summed E-state index contributed by atoms with van der Waals surface area (Å²) in [5.74, 6) is 0.946. The van der Waals surface area contributed by atoms with Crippen LogP contribution in [0.5, 0.6) is 17.2 Å². The Morgan fingerprint density at radius 2 is 1.77 bits per heavy atom. The summed E-state index contributed by atoms with van der Waals surface area (Å²) in [5.41, 5.74) is 4.32. The third-order valence-electron chi connectivity index (χ3n) is 4.80. The van der Waals surface area contributed by atoms with Crippen molar-refractivity contribution in [3.05, 3.63) is 53.0 Å². The molecule has 1 amide bonds. The molecule has 30 heavy (non-hydrogen) atoms. The van der Waals surface area contributed by atoms with Gasteiger partial charge in [0, 0.05) is 33.1 Å². The van der Waals surface area contributed by atoms with E-state index in [0.29, 0.717) is 27.9 Å². The minimum atomic E-state index is -0.314. The van der Waals surface area contributed by atoms with Crippen molar-refractivity contribution in [2.24, 2.45) is 0 Å². The Morgan fingerprint density at radius 1 is 1.07 bits per heavy atom. The molecule has 4 rings (SSSR count). The summed E-state index contributed by atoms with van der Waals surface area (Å²) < 4.78 is 16.0. The van der Waals surface area contributed by atoms with Gasteiger partial charge in [0.05, 0.1) is 27.0 Å². The summed E-state index contributed by atoms with van der Waals surface area (Å²) >= 11 is 1.37. The number of amides is 1. The van der Waals surface area contributed by atoms with Crippen LogP contribution in [-0.2, 0) is 0 Å². The summed E-state index contributed by atoms with van der Waals surface area (Å²) in [5, 5.41) is 6.40. The van der Waals surface area contributed by atoms with Crippen molar-refractivity contribution in [2.45, 2.75) is 6.92 Å². The zero-order valence-corrected chi connectivity index (χ0v) is 17.8. The molecule has 7 nitrogen and oxygen atoms in total. The van der Waals surface area contributed by atoms with Crippen LogP contribution < -0.4 is 19.5 Å². The first-order valence-corrected chi connectivity index (χ1v) is 10.1. The van der Waals surface area contributed by atoms with E-state index in [1.165, 1.54) is 32.7 Å². The lowest BCUT2D eigenvalue weighted by Gasteiger charge is -2.13. The molecule has 0 aliphatic carbocycles. The molecule has 0 aliphatic heterocycles. The number of aryl methyl sites for hydroxylation is 1. The number of anilines is 1. The van der Waals surface area contributed by atoms with Gasteiger partial charge in [0.25, 0.3) is 5.91 Å². The minimum absolute atomic E-state index is 0.314. The van der Waals surface area contributed by atoms with Gasteiger partial charge in [-0.25, -0.2) is 4.98 Å². The van der Waals surface area contributed by atoms with E-state index in [1.807, 2.05) is 30.5 Å². The highest BCUT2D eigenvalue weighted by molar-refractivity contribution is 7.14.